The summed E-state index contributed by atoms with van der Waals surface area (Å²) in [5.74, 6) is 0.615. The highest BCUT2D eigenvalue weighted by molar-refractivity contribution is 5.95. The first-order valence-corrected chi connectivity index (χ1v) is 9.68. The molecule has 1 unspecified atom stereocenters. The molecule has 1 aromatic carbocycles. The van der Waals surface area contributed by atoms with Gasteiger partial charge in [0.1, 0.15) is 0 Å². The first kappa shape index (κ1) is 18.4. The number of hydrogen-bond donors (Lipinski definition) is 1. The van der Waals surface area contributed by atoms with Gasteiger partial charge in [-0.25, -0.2) is 9.67 Å². The van der Waals surface area contributed by atoms with E-state index in [0.29, 0.717) is 11.4 Å². The molecule has 0 spiro atoms. The van der Waals surface area contributed by atoms with Crippen LogP contribution in [0.15, 0.2) is 54.9 Å². The topological polar surface area (TPSA) is 63.1 Å². The van der Waals surface area contributed by atoms with Crippen molar-refractivity contribution in [3.8, 4) is 5.82 Å². The molecule has 6 heteroatoms. The fourth-order valence-corrected chi connectivity index (χ4v) is 3.79. The van der Waals surface area contributed by atoms with Crippen molar-refractivity contribution in [3.63, 3.8) is 0 Å². The molecule has 0 saturated carbocycles. The van der Waals surface area contributed by atoms with Crippen molar-refractivity contribution in [2.75, 3.05) is 13.1 Å². The zero-order valence-electron chi connectivity index (χ0n) is 16.3. The highest BCUT2D eigenvalue weighted by atomic mass is 16.1. The van der Waals surface area contributed by atoms with Gasteiger partial charge in [0.15, 0.2) is 5.82 Å². The second kappa shape index (κ2) is 7.94. The van der Waals surface area contributed by atoms with Gasteiger partial charge in [0.25, 0.3) is 5.91 Å². The first-order valence-electron chi connectivity index (χ1n) is 9.68. The number of rotatable bonds is 5. The van der Waals surface area contributed by atoms with Crippen molar-refractivity contribution in [2.24, 2.45) is 0 Å². The van der Waals surface area contributed by atoms with Crippen LogP contribution in [0.2, 0.25) is 0 Å². The van der Waals surface area contributed by atoms with Crippen LogP contribution in [0.3, 0.4) is 0 Å². The minimum atomic E-state index is -0.0930. The Balaban J connectivity index is 1.38. The summed E-state index contributed by atoms with van der Waals surface area (Å²) in [5, 5.41) is 7.46. The van der Waals surface area contributed by atoms with E-state index in [0.717, 1.165) is 31.7 Å². The quantitative estimate of drug-likeness (QED) is 0.745. The average molecular weight is 375 g/mol. The van der Waals surface area contributed by atoms with Gasteiger partial charge in [-0.1, -0.05) is 30.3 Å². The number of aromatic nitrogens is 3. The van der Waals surface area contributed by atoms with Gasteiger partial charge in [0, 0.05) is 31.9 Å². The van der Waals surface area contributed by atoms with Gasteiger partial charge < -0.3 is 5.32 Å². The number of hydrogen-bond acceptors (Lipinski definition) is 4. The molecule has 28 heavy (non-hydrogen) atoms. The Hall–Kier alpha value is -2.99. The maximum Gasteiger partial charge on any atom is 0.255 e. The molecule has 1 N–H and O–H groups in total. The molecule has 3 heterocycles. The molecule has 1 aliphatic heterocycles. The summed E-state index contributed by atoms with van der Waals surface area (Å²) < 4.78 is 1.70. The number of fused-ring (bicyclic) bond motifs is 1. The Morgan fingerprint density at radius 1 is 1.18 bits per heavy atom. The Morgan fingerprint density at radius 3 is 2.75 bits per heavy atom. The molecule has 1 aliphatic rings. The summed E-state index contributed by atoms with van der Waals surface area (Å²) in [7, 11) is 0. The van der Waals surface area contributed by atoms with Crippen LogP contribution in [0.5, 0.6) is 0 Å². The summed E-state index contributed by atoms with van der Waals surface area (Å²) in [4.78, 5) is 19.5. The summed E-state index contributed by atoms with van der Waals surface area (Å²) in [6.45, 7) is 6.73. The molecule has 0 bridgehead atoms. The molecule has 1 amide bonds. The normalized spacial score (nSPS) is 15.1. The van der Waals surface area contributed by atoms with Crippen molar-refractivity contribution in [2.45, 2.75) is 32.9 Å². The third-order valence-electron chi connectivity index (χ3n) is 5.24. The Labute approximate surface area is 165 Å². The van der Waals surface area contributed by atoms with Gasteiger partial charge in [-0.2, -0.15) is 5.10 Å². The van der Waals surface area contributed by atoms with Gasteiger partial charge in [-0.05, 0) is 43.5 Å². The van der Waals surface area contributed by atoms with E-state index in [2.05, 4.69) is 51.5 Å². The predicted molar refractivity (Wildman–Crippen MR) is 108 cm³/mol. The summed E-state index contributed by atoms with van der Waals surface area (Å²) in [5.41, 5.74) is 4.20. The molecule has 0 fully saturated rings. The molecular weight excluding hydrogens is 350 g/mol. The zero-order chi connectivity index (χ0) is 19.5. The van der Waals surface area contributed by atoms with Crippen LogP contribution in [-0.2, 0) is 13.0 Å². The molecule has 4 rings (SSSR count). The molecular formula is C22H25N5O. The second-order valence-corrected chi connectivity index (χ2v) is 7.37. The third kappa shape index (κ3) is 3.82. The predicted octanol–water partition coefficient (Wildman–Crippen LogP) is 2.75. The number of benzene rings is 1. The van der Waals surface area contributed by atoms with Gasteiger partial charge in [-0.3, -0.25) is 9.69 Å². The number of amides is 1. The van der Waals surface area contributed by atoms with E-state index in [1.807, 2.05) is 25.1 Å². The summed E-state index contributed by atoms with van der Waals surface area (Å²) >= 11 is 0. The van der Waals surface area contributed by atoms with Crippen molar-refractivity contribution >= 4 is 5.91 Å². The van der Waals surface area contributed by atoms with E-state index in [-0.39, 0.29) is 11.9 Å². The summed E-state index contributed by atoms with van der Waals surface area (Å²) in [6.07, 6.45) is 4.39. The average Bonchev–Trinajstić information content (AvgIpc) is 3.10. The van der Waals surface area contributed by atoms with Gasteiger partial charge in [0.05, 0.1) is 17.5 Å². The SMILES string of the molecule is Cc1c(C(=O)NC(C)CN2CCc3ccccc3C2)cnn1-c1ccccn1. The highest BCUT2D eigenvalue weighted by Gasteiger charge is 2.21. The van der Waals surface area contributed by atoms with E-state index in [1.165, 1.54) is 11.1 Å². The second-order valence-electron chi connectivity index (χ2n) is 7.37. The van der Waals surface area contributed by atoms with Crippen LogP contribution in [0, 0.1) is 6.92 Å². The van der Waals surface area contributed by atoms with Crippen LogP contribution in [-0.4, -0.2) is 44.7 Å². The lowest BCUT2D eigenvalue weighted by molar-refractivity contribution is 0.0926. The molecule has 6 nitrogen and oxygen atoms in total. The van der Waals surface area contributed by atoms with E-state index >= 15 is 0 Å². The standard InChI is InChI=1S/C22H25N5O/c1-16(14-26-12-10-18-7-3-4-8-19(18)15-26)25-22(28)20-13-24-27(17(20)2)21-9-5-6-11-23-21/h3-9,11,13,16H,10,12,14-15H2,1-2H3,(H,25,28). The summed E-state index contributed by atoms with van der Waals surface area (Å²) in [6, 6.07) is 14.3. The Kier molecular flexibility index (Phi) is 5.21. The smallest absolute Gasteiger partial charge is 0.255 e. The minimum absolute atomic E-state index is 0.0513. The van der Waals surface area contributed by atoms with Crippen LogP contribution in [0.25, 0.3) is 5.82 Å². The molecule has 0 radical (unpaired) electrons. The van der Waals surface area contributed by atoms with Crippen molar-refractivity contribution < 1.29 is 4.79 Å². The first-order chi connectivity index (χ1) is 13.6. The van der Waals surface area contributed by atoms with Crippen molar-refractivity contribution in [1.29, 1.82) is 0 Å². The minimum Gasteiger partial charge on any atom is -0.348 e. The van der Waals surface area contributed by atoms with E-state index in [4.69, 9.17) is 0 Å². The fraction of sp³-hybridized carbons (Fsp3) is 0.318. The van der Waals surface area contributed by atoms with E-state index in [9.17, 15) is 4.79 Å². The third-order valence-corrected chi connectivity index (χ3v) is 5.24. The monoisotopic (exact) mass is 375 g/mol. The number of carbonyl (C=O) groups excluding carboxylic acids is 1. The molecule has 144 valence electrons. The van der Waals surface area contributed by atoms with E-state index < -0.39 is 0 Å². The largest absolute Gasteiger partial charge is 0.348 e. The van der Waals surface area contributed by atoms with Crippen LogP contribution >= 0.6 is 0 Å². The van der Waals surface area contributed by atoms with Crippen molar-refractivity contribution in [3.05, 3.63) is 77.2 Å². The van der Waals surface area contributed by atoms with Crippen LogP contribution in [0.1, 0.15) is 34.1 Å². The molecule has 0 saturated heterocycles. The van der Waals surface area contributed by atoms with Gasteiger partial charge in [-0.15, -0.1) is 0 Å². The van der Waals surface area contributed by atoms with E-state index in [1.54, 1.807) is 17.1 Å². The zero-order valence-corrected chi connectivity index (χ0v) is 16.3. The molecule has 2 aromatic heterocycles. The maximum atomic E-state index is 12.8. The highest BCUT2D eigenvalue weighted by Crippen LogP contribution is 2.18. The van der Waals surface area contributed by atoms with Crippen LogP contribution < -0.4 is 5.32 Å². The molecule has 0 aliphatic carbocycles. The lowest BCUT2D eigenvalue weighted by atomic mass is 9.99. The maximum absolute atomic E-state index is 12.8. The lowest BCUT2D eigenvalue weighted by Crippen LogP contribution is -2.43. The number of nitrogens with zero attached hydrogens (tertiary/aromatic N) is 4. The fourth-order valence-electron chi connectivity index (χ4n) is 3.79. The van der Waals surface area contributed by atoms with Gasteiger partial charge >= 0.3 is 0 Å². The number of pyridine rings is 1. The van der Waals surface area contributed by atoms with Crippen LogP contribution in [0.4, 0.5) is 0 Å². The molecule has 1 atom stereocenters. The van der Waals surface area contributed by atoms with Gasteiger partial charge in [0.2, 0.25) is 0 Å². The Bertz CT molecular complexity index is 966. The molecule has 3 aromatic rings. The lowest BCUT2D eigenvalue weighted by Gasteiger charge is -2.31. The Morgan fingerprint density at radius 2 is 1.96 bits per heavy atom. The number of carbonyl (C=O) groups is 1. The number of nitrogens with one attached hydrogen (secondary N) is 1. The van der Waals surface area contributed by atoms with Crippen molar-refractivity contribution in [1.82, 2.24) is 25.0 Å².